The van der Waals surface area contributed by atoms with Crippen LogP contribution in [0.25, 0.3) is 10.9 Å². The van der Waals surface area contributed by atoms with Gasteiger partial charge in [0.05, 0.1) is 11.2 Å². The lowest BCUT2D eigenvalue weighted by molar-refractivity contribution is 0.795. The maximum absolute atomic E-state index is 5.98. The van der Waals surface area contributed by atoms with Crippen LogP contribution in [0.3, 0.4) is 0 Å². The summed E-state index contributed by atoms with van der Waals surface area (Å²) in [7, 11) is 1.92. The van der Waals surface area contributed by atoms with Crippen molar-refractivity contribution in [2.75, 3.05) is 7.05 Å². The van der Waals surface area contributed by atoms with Crippen molar-refractivity contribution in [3.63, 3.8) is 0 Å². The second-order valence-electron chi connectivity index (χ2n) is 3.63. The van der Waals surface area contributed by atoms with Crippen LogP contribution in [-0.2, 0) is 6.54 Å². The first-order valence-electron chi connectivity index (χ1n) is 4.91. The number of benzene rings is 1. The molecule has 2 rings (SSSR count). The summed E-state index contributed by atoms with van der Waals surface area (Å²) in [4.78, 5) is 4.58. The van der Waals surface area contributed by atoms with Crippen molar-refractivity contribution in [2.45, 2.75) is 13.5 Å². The lowest BCUT2D eigenvalue weighted by Gasteiger charge is -2.05. The minimum absolute atomic E-state index is 0.767. The van der Waals surface area contributed by atoms with E-state index in [2.05, 4.69) is 16.4 Å². The van der Waals surface area contributed by atoms with E-state index < -0.39 is 0 Å². The van der Waals surface area contributed by atoms with E-state index in [1.165, 1.54) is 0 Å². The molecule has 3 heteroatoms. The van der Waals surface area contributed by atoms with E-state index in [4.69, 9.17) is 11.6 Å². The van der Waals surface area contributed by atoms with E-state index in [1.807, 2.05) is 32.2 Å². The van der Waals surface area contributed by atoms with Gasteiger partial charge in [-0.3, -0.25) is 4.98 Å². The fraction of sp³-hybridized carbons (Fsp3) is 0.250. The molecule has 1 aromatic heterocycles. The first kappa shape index (κ1) is 10.4. The number of hydrogen-bond acceptors (Lipinski definition) is 2. The molecule has 1 N–H and O–H groups in total. The first-order valence-corrected chi connectivity index (χ1v) is 5.29. The van der Waals surface area contributed by atoms with Crippen molar-refractivity contribution >= 4 is 22.5 Å². The van der Waals surface area contributed by atoms with Crippen LogP contribution in [0, 0.1) is 6.92 Å². The first-order chi connectivity index (χ1) is 7.20. The van der Waals surface area contributed by atoms with Gasteiger partial charge < -0.3 is 5.32 Å². The highest BCUT2D eigenvalue weighted by Crippen LogP contribution is 2.22. The summed E-state index contributed by atoms with van der Waals surface area (Å²) in [5.74, 6) is 0. The molecule has 0 radical (unpaired) electrons. The molecular formula is C12H13ClN2. The predicted octanol–water partition coefficient (Wildman–Crippen LogP) is 2.92. The van der Waals surface area contributed by atoms with Crippen molar-refractivity contribution in [3.05, 3.63) is 40.5 Å². The zero-order chi connectivity index (χ0) is 10.8. The van der Waals surface area contributed by atoms with Crippen LogP contribution in [0.1, 0.15) is 11.3 Å². The molecule has 2 aromatic rings. The minimum Gasteiger partial charge on any atom is -0.314 e. The highest BCUT2D eigenvalue weighted by molar-refractivity contribution is 6.31. The molecule has 0 saturated heterocycles. The van der Waals surface area contributed by atoms with Gasteiger partial charge in [0.1, 0.15) is 0 Å². The van der Waals surface area contributed by atoms with Crippen LogP contribution in [0.4, 0.5) is 0 Å². The molecule has 0 saturated carbocycles. The van der Waals surface area contributed by atoms with Crippen LogP contribution < -0.4 is 5.32 Å². The van der Waals surface area contributed by atoms with E-state index in [1.54, 1.807) is 0 Å². The second-order valence-corrected chi connectivity index (χ2v) is 4.06. The Morgan fingerprint density at radius 2 is 2.13 bits per heavy atom. The summed E-state index contributed by atoms with van der Waals surface area (Å²) in [5, 5.41) is 4.95. The number of nitrogens with zero attached hydrogens (tertiary/aromatic N) is 1. The predicted molar refractivity (Wildman–Crippen MR) is 64.3 cm³/mol. The highest BCUT2D eigenvalue weighted by atomic mass is 35.5. The zero-order valence-corrected chi connectivity index (χ0v) is 9.60. The lowest BCUT2D eigenvalue weighted by Crippen LogP contribution is -2.06. The maximum atomic E-state index is 5.98. The summed E-state index contributed by atoms with van der Waals surface area (Å²) < 4.78 is 0. The van der Waals surface area contributed by atoms with Gasteiger partial charge in [0, 0.05) is 17.0 Å². The van der Waals surface area contributed by atoms with Gasteiger partial charge in [0.2, 0.25) is 0 Å². The standard InChI is InChI=1S/C12H13ClN2/c1-8-5-10(13)6-9-3-4-11(7-14-2)15-12(8)9/h3-6,14H,7H2,1-2H3. The van der Waals surface area contributed by atoms with Crippen LogP contribution in [0.15, 0.2) is 24.3 Å². The average molecular weight is 221 g/mol. The van der Waals surface area contributed by atoms with Crippen molar-refractivity contribution in [1.29, 1.82) is 0 Å². The van der Waals surface area contributed by atoms with Gasteiger partial charge in [0.15, 0.2) is 0 Å². The Morgan fingerprint density at radius 1 is 1.33 bits per heavy atom. The normalized spacial score (nSPS) is 10.9. The van der Waals surface area contributed by atoms with Gasteiger partial charge in [-0.25, -0.2) is 0 Å². The van der Waals surface area contributed by atoms with E-state index in [0.29, 0.717) is 0 Å². The Kier molecular flexibility index (Phi) is 2.89. The minimum atomic E-state index is 0.767. The van der Waals surface area contributed by atoms with Crippen molar-refractivity contribution in [1.82, 2.24) is 10.3 Å². The molecule has 0 bridgehead atoms. The summed E-state index contributed by atoms with van der Waals surface area (Å²) >= 11 is 5.98. The smallest absolute Gasteiger partial charge is 0.0736 e. The van der Waals surface area contributed by atoms with Gasteiger partial charge in [0.25, 0.3) is 0 Å². The number of aromatic nitrogens is 1. The fourth-order valence-electron chi connectivity index (χ4n) is 1.69. The van der Waals surface area contributed by atoms with Crippen LogP contribution in [0.2, 0.25) is 5.02 Å². The third kappa shape index (κ3) is 2.11. The van der Waals surface area contributed by atoms with Crippen LogP contribution >= 0.6 is 11.6 Å². The number of aryl methyl sites for hydroxylation is 1. The molecule has 1 heterocycles. The molecule has 15 heavy (non-hydrogen) atoms. The number of nitrogens with one attached hydrogen (secondary N) is 1. The number of halogens is 1. The molecule has 0 atom stereocenters. The summed E-state index contributed by atoms with van der Waals surface area (Å²) in [6, 6.07) is 7.97. The Hall–Kier alpha value is -1.12. The van der Waals surface area contributed by atoms with Crippen molar-refractivity contribution in [3.8, 4) is 0 Å². The van der Waals surface area contributed by atoms with E-state index in [0.717, 1.165) is 33.7 Å². The third-order valence-corrected chi connectivity index (χ3v) is 2.58. The molecule has 0 fully saturated rings. The Morgan fingerprint density at radius 3 is 2.87 bits per heavy atom. The number of rotatable bonds is 2. The van der Waals surface area contributed by atoms with Crippen molar-refractivity contribution in [2.24, 2.45) is 0 Å². The van der Waals surface area contributed by atoms with E-state index in [-0.39, 0.29) is 0 Å². The fourth-order valence-corrected chi connectivity index (χ4v) is 1.97. The molecule has 0 amide bonds. The zero-order valence-electron chi connectivity index (χ0n) is 8.84. The molecule has 0 aliphatic rings. The van der Waals surface area contributed by atoms with E-state index >= 15 is 0 Å². The highest BCUT2D eigenvalue weighted by Gasteiger charge is 2.02. The third-order valence-electron chi connectivity index (χ3n) is 2.36. The average Bonchev–Trinajstić information content (AvgIpc) is 2.19. The van der Waals surface area contributed by atoms with Gasteiger partial charge in [-0.15, -0.1) is 0 Å². The molecule has 0 aliphatic carbocycles. The Bertz CT molecular complexity index is 494. The van der Waals surface area contributed by atoms with Crippen LogP contribution in [-0.4, -0.2) is 12.0 Å². The topological polar surface area (TPSA) is 24.9 Å². The number of hydrogen-bond donors (Lipinski definition) is 1. The van der Waals surface area contributed by atoms with E-state index in [9.17, 15) is 0 Å². The second kappa shape index (κ2) is 4.17. The number of pyridine rings is 1. The molecule has 0 unspecified atom stereocenters. The lowest BCUT2D eigenvalue weighted by atomic mass is 10.1. The Balaban J connectivity index is 2.60. The summed E-state index contributed by atoms with van der Waals surface area (Å²) in [6.07, 6.45) is 0. The monoisotopic (exact) mass is 220 g/mol. The number of fused-ring (bicyclic) bond motifs is 1. The van der Waals surface area contributed by atoms with Gasteiger partial charge in [-0.05, 0) is 37.7 Å². The molecule has 78 valence electrons. The Labute approximate surface area is 94.3 Å². The molecule has 1 aromatic carbocycles. The largest absolute Gasteiger partial charge is 0.314 e. The quantitative estimate of drug-likeness (QED) is 0.842. The van der Waals surface area contributed by atoms with Gasteiger partial charge in [-0.2, -0.15) is 0 Å². The molecule has 0 spiro atoms. The van der Waals surface area contributed by atoms with Gasteiger partial charge >= 0.3 is 0 Å². The van der Waals surface area contributed by atoms with Gasteiger partial charge in [-0.1, -0.05) is 17.7 Å². The summed E-state index contributed by atoms with van der Waals surface area (Å²) in [5.41, 5.74) is 3.21. The molecular weight excluding hydrogens is 208 g/mol. The maximum Gasteiger partial charge on any atom is 0.0736 e. The summed E-state index contributed by atoms with van der Waals surface area (Å²) in [6.45, 7) is 2.82. The molecule has 0 aliphatic heterocycles. The SMILES string of the molecule is CNCc1ccc2cc(Cl)cc(C)c2n1. The van der Waals surface area contributed by atoms with Crippen molar-refractivity contribution < 1.29 is 0 Å². The van der Waals surface area contributed by atoms with Crippen LogP contribution in [0.5, 0.6) is 0 Å². The molecule has 2 nitrogen and oxygen atoms in total.